The summed E-state index contributed by atoms with van der Waals surface area (Å²) in [6.45, 7) is 3.09. The SMILES string of the molecule is CCOC(=O)c1ccn(-c2ccc(NC(=O)/C=C/c3ccc4c(c3)OCCO4)cc2)n1. The first kappa shape index (κ1) is 20.2. The van der Waals surface area contributed by atoms with Crippen molar-refractivity contribution in [3.8, 4) is 17.2 Å². The van der Waals surface area contributed by atoms with Crippen LogP contribution >= 0.6 is 0 Å². The summed E-state index contributed by atoms with van der Waals surface area (Å²) in [6, 6.07) is 14.2. The van der Waals surface area contributed by atoms with E-state index in [2.05, 4.69) is 10.4 Å². The first-order chi connectivity index (χ1) is 15.1. The molecular formula is C23H21N3O5. The Labute approximate surface area is 179 Å². The van der Waals surface area contributed by atoms with Gasteiger partial charge in [0.05, 0.1) is 12.3 Å². The van der Waals surface area contributed by atoms with Gasteiger partial charge >= 0.3 is 5.97 Å². The predicted octanol–water partition coefficient (Wildman–Crippen LogP) is 3.47. The van der Waals surface area contributed by atoms with Crippen LogP contribution in [-0.2, 0) is 9.53 Å². The monoisotopic (exact) mass is 419 g/mol. The van der Waals surface area contributed by atoms with Crippen LogP contribution in [0.3, 0.4) is 0 Å². The number of benzene rings is 2. The van der Waals surface area contributed by atoms with E-state index in [-0.39, 0.29) is 11.6 Å². The minimum atomic E-state index is -0.463. The number of nitrogens with zero attached hydrogens (tertiary/aromatic N) is 2. The van der Waals surface area contributed by atoms with Crippen LogP contribution in [0, 0.1) is 0 Å². The summed E-state index contributed by atoms with van der Waals surface area (Å²) in [5.74, 6) is 0.662. The highest BCUT2D eigenvalue weighted by Gasteiger charge is 2.12. The van der Waals surface area contributed by atoms with E-state index in [1.165, 1.54) is 6.08 Å². The highest BCUT2D eigenvalue weighted by molar-refractivity contribution is 6.02. The van der Waals surface area contributed by atoms with Crippen LogP contribution in [-0.4, -0.2) is 41.5 Å². The van der Waals surface area contributed by atoms with Crippen LogP contribution in [0.5, 0.6) is 11.5 Å². The third-order valence-electron chi connectivity index (χ3n) is 4.47. The van der Waals surface area contributed by atoms with Crippen molar-refractivity contribution >= 4 is 23.6 Å². The van der Waals surface area contributed by atoms with Crippen molar-refractivity contribution in [2.45, 2.75) is 6.92 Å². The molecule has 8 heteroatoms. The first-order valence-corrected chi connectivity index (χ1v) is 9.84. The molecule has 3 aromatic rings. The summed E-state index contributed by atoms with van der Waals surface area (Å²) < 4.78 is 17.5. The molecule has 0 unspecified atom stereocenters. The zero-order chi connectivity index (χ0) is 21.6. The van der Waals surface area contributed by atoms with Gasteiger partial charge in [0.15, 0.2) is 17.2 Å². The summed E-state index contributed by atoms with van der Waals surface area (Å²) in [4.78, 5) is 24.0. The maximum Gasteiger partial charge on any atom is 0.358 e. The van der Waals surface area contributed by atoms with E-state index >= 15 is 0 Å². The molecule has 0 aliphatic carbocycles. The summed E-state index contributed by atoms with van der Waals surface area (Å²) in [5, 5.41) is 7.02. The van der Waals surface area contributed by atoms with Gasteiger partial charge in [0.1, 0.15) is 13.2 Å². The zero-order valence-corrected chi connectivity index (χ0v) is 16.9. The molecular weight excluding hydrogens is 398 g/mol. The number of nitrogens with one attached hydrogen (secondary N) is 1. The Kier molecular flexibility index (Phi) is 5.98. The van der Waals surface area contributed by atoms with E-state index in [1.807, 2.05) is 18.2 Å². The largest absolute Gasteiger partial charge is 0.486 e. The van der Waals surface area contributed by atoms with Crippen molar-refractivity contribution in [1.82, 2.24) is 9.78 Å². The molecule has 1 N–H and O–H groups in total. The fraction of sp³-hybridized carbons (Fsp3) is 0.174. The smallest absolute Gasteiger partial charge is 0.358 e. The van der Waals surface area contributed by atoms with Crippen LogP contribution in [0.2, 0.25) is 0 Å². The highest BCUT2D eigenvalue weighted by atomic mass is 16.6. The number of esters is 1. The van der Waals surface area contributed by atoms with Crippen molar-refractivity contribution in [3.63, 3.8) is 0 Å². The Bertz CT molecular complexity index is 1120. The molecule has 4 rings (SSSR count). The molecule has 1 aromatic heterocycles. The Morgan fingerprint density at radius 2 is 1.87 bits per heavy atom. The third-order valence-corrected chi connectivity index (χ3v) is 4.47. The lowest BCUT2D eigenvalue weighted by molar-refractivity contribution is -0.111. The Morgan fingerprint density at radius 1 is 1.10 bits per heavy atom. The molecule has 0 bridgehead atoms. The molecule has 0 saturated carbocycles. The minimum absolute atomic E-state index is 0.239. The molecule has 1 aliphatic rings. The van der Waals surface area contributed by atoms with Crippen LogP contribution in [0.4, 0.5) is 5.69 Å². The molecule has 0 spiro atoms. The second kappa shape index (κ2) is 9.17. The zero-order valence-electron chi connectivity index (χ0n) is 16.9. The average Bonchev–Trinajstić information content (AvgIpc) is 3.29. The Morgan fingerprint density at radius 3 is 2.65 bits per heavy atom. The first-order valence-electron chi connectivity index (χ1n) is 9.84. The highest BCUT2D eigenvalue weighted by Crippen LogP contribution is 2.31. The van der Waals surface area contributed by atoms with Gasteiger partial charge in [0, 0.05) is 18.0 Å². The maximum atomic E-state index is 12.2. The molecule has 8 nitrogen and oxygen atoms in total. The average molecular weight is 419 g/mol. The van der Waals surface area contributed by atoms with Crippen molar-refractivity contribution in [3.05, 3.63) is 72.1 Å². The third kappa shape index (κ3) is 4.92. The Hall–Kier alpha value is -4.07. The molecule has 2 aromatic carbocycles. The van der Waals surface area contributed by atoms with E-state index in [0.717, 1.165) is 11.3 Å². The van der Waals surface area contributed by atoms with Gasteiger partial charge in [-0.2, -0.15) is 5.10 Å². The lowest BCUT2D eigenvalue weighted by atomic mass is 10.2. The molecule has 158 valence electrons. The summed E-state index contributed by atoms with van der Waals surface area (Å²) in [5.41, 5.74) is 2.47. The lowest BCUT2D eigenvalue weighted by Gasteiger charge is -2.18. The number of aromatic nitrogens is 2. The fourth-order valence-electron chi connectivity index (χ4n) is 3.00. The molecule has 31 heavy (non-hydrogen) atoms. The number of fused-ring (bicyclic) bond motifs is 1. The molecule has 0 radical (unpaired) electrons. The quantitative estimate of drug-likeness (QED) is 0.486. The fourth-order valence-corrected chi connectivity index (χ4v) is 3.00. The number of hydrogen-bond acceptors (Lipinski definition) is 6. The van der Waals surface area contributed by atoms with Gasteiger partial charge in [0.2, 0.25) is 5.91 Å². The van der Waals surface area contributed by atoms with Gasteiger partial charge in [-0.15, -0.1) is 0 Å². The van der Waals surface area contributed by atoms with E-state index in [0.29, 0.717) is 37.0 Å². The number of carbonyl (C=O) groups excluding carboxylic acids is 2. The van der Waals surface area contributed by atoms with E-state index in [9.17, 15) is 9.59 Å². The van der Waals surface area contributed by atoms with Crippen LogP contribution in [0.15, 0.2) is 60.8 Å². The van der Waals surface area contributed by atoms with Gasteiger partial charge in [-0.3, -0.25) is 4.79 Å². The van der Waals surface area contributed by atoms with Crippen molar-refractivity contribution < 1.29 is 23.8 Å². The van der Waals surface area contributed by atoms with Crippen LogP contribution in [0.1, 0.15) is 23.0 Å². The maximum absolute atomic E-state index is 12.2. The summed E-state index contributed by atoms with van der Waals surface area (Å²) in [6.07, 6.45) is 4.84. The molecule has 0 fully saturated rings. The number of ether oxygens (including phenoxy) is 3. The molecule has 1 amide bonds. The van der Waals surface area contributed by atoms with Crippen molar-refractivity contribution in [1.29, 1.82) is 0 Å². The Balaban J connectivity index is 1.37. The van der Waals surface area contributed by atoms with Gasteiger partial charge in [-0.25, -0.2) is 9.48 Å². The second-order valence-electron chi connectivity index (χ2n) is 6.64. The van der Waals surface area contributed by atoms with Crippen molar-refractivity contribution in [2.24, 2.45) is 0 Å². The van der Waals surface area contributed by atoms with E-state index in [1.54, 1.807) is 54.2 Å². The molecule has 0 atom stereocenters. The number of carbonyl (C=O) groups is 2. The second-order valence-corrected chi connectivity index (χ2v) is 6.64. The van der Waals surface area contributed by atoms with Gasteiger partial charge < -0.3 is 19.5 Å². The minimum Gasteiger partial charge on any atom is -0.486 e. The number of anilines is 1. The van der Waals surface area contributed by atoms with E-state index in [4.69, 9.17) is 14.2 Å². The van der Waals surface area contributed by atoms with Crippen LogP contribution in [0.25, 0.3) is 11.8 Å². The standard InChI is InChI=1S/C23H21N3O5/c1-2-29-23(28)19-11-12-26(25-19)18-7-5-17(6-8-18)24-22(27)10-4-16-3-9-20-21(15-16)31-14-13-30-20/h3-12,15H,2,13-14H2,1H3,(H,24,27)/b10-4+. The number of rotatable bonds is 6. The summed E-state index contributed by atoms with van der Waals surface area (Å²) >= 11 is 0. The molecule has 0 saturated heterocycles. The van der Waals surface area contributed by atoms with Gasteiger partial charge in [-0.1, -0.05) is 6.07 Å². The topological polar surface area (TPSA) is 91.7 Å². The predicted molar refractivity (Wildman–Crippen MR) is 115 cm³/mol. The van der Waals surface area contributed by atoms with Gasteiger partial charge in [0.25, 0.3) is 0 Å². The van der Waals surface area contributed by atoms with Crippen LogP contribution < -0.4 is 14.8 Å². The molecule has 1 aliphatic heterocycles. The van der Waals surface area contributed by atoms with Gasteiger partial charge in [-0.05, 0) is 61.0 Å². The number of hydrogen-bond donors (Lipinski definition) is 1. The summed E-state index contributed by atoms with van der Waals surface area (Å²) in [7, 11) is 0. The lowest BCUT2D eigenvalue weighted by Crippen LogP contribution is -2.15. The normalized spacial score (nSPS) is 12.5. The van der Waals surface area contributed by atoms with Crippen molar-refractivity contribution in [2.75, 3.05) is 25.1 Å². The molecule has 2 heterocycles. The number of amides is 1. The van der Waals surface area contributed by atoms with E-state index < -0.39 is 5.97 Å².